The zero-order chi connectivity index (χ0) is 14.3. The number of aliphatic hydroxyl groups is 1. The number of aliphatic hydroxyl groups excluding tert-OH is 1. The van der Waals surface area contributed by atoms with Crippen LogP contribution in [0.25, 0.3) is 0 Å². The van der Waals surface area contributed by atoms with Crippen LogP contribution in [0.4, 0.5) is 0 Å². The molecule has 0 aromatic carbocycles. The van der Waals surface area contributed by atoms with Gasteiger partial charge in [0.1, 0.15) is 0 Å². The van der Waals surface area contributed by atoms with E-state index in [9.17, 15) is 5.11 Å². The van der Waals surface area contributed by atoms with Crippen LogP contribution in [0.1, 0.15) is 40.5 Å². The van der Waals surface area contributed by atoms with E-state index in [1.54, 1.807) is 0 Å². The van der Waals surface area contributed by atoms with Gasteiger partial charge in [0.05, 0.1) is 6.61 Å². The average Bonchev–Trinajstić information content (AvgIpc) is 2.87. The van der Waals surface area contributed by atoms with Crippen LogP contribution in [0.2, 0.25) is 0 Å². The summed E-state index contributed by atoms with van der Waals surface area (Å²) in [5.74, 6) is 0. The van der Waals surface area contributed by atoms with Gasteiger partial charge in [0.2, 0.25) is 0 Å². The smallest absolute Gasteiger partial charge is 0.0611 e. The van der Waals surface area contributed by atoms with Crippen LogP contribution in [-0.4, -0.2) is 72.4 Å². The van der Waals surface area contributed by atoms with Crippen molar-refractivity contribution in [3.8, 4) is 0 Å². The summed E-state index contributed by atoms with van der Waals surface area (Å²) in [6.45, 7) is 15.6. The Morgan fingerprint density at radius 1 is 1.32 bits per heavy atom. The molecule has 0 aromatic rings. The Labute approximate surface area is 119 Å². The molecule has 0 amide bonds. The molecule has 2 unspecified atom stereocenters. The summed E-state index contributed by atoms with van der Waals surface area (Å²) in [5, 5.41) is 12.9. The fourth-order valence-electron chi connectivity index (χ4n) is 3.11. The van der Waals surface area contributed by atoms with E-state index >= 15 is 0 Å². The first-order valence-electron chi connectivity index (χ1n) is 7.90. The lowest BCUT2D eigenvalue weighted by Crippen LogP contribution is -2.48. The Bertz CT molecular complexity index is 246. The van der Waals surface area contributed by atoms with Gasteiger partial charge in [-0.15, -0.1) is 0 Å². The highest BCUT2D eigenvalue weighted by Crippen LogP contribution is 2.18. The molecule has 19 heavy (non-hydrogen) atoms. The van der Waals surface area contributed by atoms with Crippen molar-refractivity contribution in [2.45, 2.75) is 52.1 Å². The van der Waals surface area contributed by atoms with Crippen LogP contribution in [0.3, 0.4) is 0 Å². The molecule has 4 nitrogen and oxygen atoms in total. The molecular weight excluding hydrogens is 238 g/mol. The third kappa shape index (κ3) is 5.03. The average molecular weight is 271 g/mol. The molecule has 0 saturated carbocycles. The first kappa shape index (κ1) is 16.9. The van der Waals surface area contributed by atoms with E-state index in [1.165, 1.54) is 19.5 Å². The highest BCUT2D eigenvalue weighted by Gasteiger charge is 2.28. The summed E-state index contributed by atoms with van der Waals surface area (Å²) in [6.07, 6.45) is 2.31. The normalized spacial score (nSPS) is 24.0. The summed E-state index contributed by atoms with van der Waals surface area (Å²) in [5.41, 5.74) is -0.123. The largest absolute Gasteiger partial charge is 0.394 e. The van der Waals surface area contributed by atoms with Gasteiger partial charge in [-0.3, -0.25) is 4.90 Å². The van der Waals surface area contributed by atoms with E-state index in [1.807, 2.05) is 0 Å². The number of nitrogens with one attached hydrogen (secondary N) is 1. The van der Waals surface area contributed by atoms with Gasteiger partial charge in [-0.2, -0.15) is 0 Å². The SMILES string of the molecule is CCNC(C)(CO)CCN1CCC(N(CC)CC)C1. The van der Waals surface area contributed by atoms with Gasteiger partial charge in [-0.25, -0.2) is 0 Å². The van der Waals surface area contributed by atoms with Gasteiger partial charge < -0.3 is 15.3 Å². The monoisotopic (exact) mass is 271 g/mol. The van der Waals surface area contributed by atoms with Gasteiger partial charge >= 0.3 is 0 Å². The summed E-state index contributed by atoms with van der Waals surface area (Å²) >= 11 is 0. The molecule has 114 valence electrons. The molecule has 0 radical (unpaired) electrons. The zero-order valence-electron chi connectivity index (χ0n) is 13.3. The Morgan fingerprint density at radius 2 is 2.00 bits per heavy atom. The highest BCUT2D eigenvalue weighted by atomic mass is 16.3. The quantitative estimate of drug-likeness (QED) is 0.660. The van der Waals surface area contributed by atoms with Gasteiger partial charge in [-0.05, 0) is 45.9 Å². The molecule has 1 heterocycles. The molecule has 2 atom stereocenters. The minimum atomic E-state index is -0.123. The molecule has 1 aliphatic rings. The van der Waals surface area contributed by atoms with Gasteiger partial charge in [0.15, 0.2) is 0 Å². The molecule has 1 aliphatic heterocycles. The van der Waals surface area contributed by atoms with Crippen LogP contribution in [0, 0.1) is 0 Å². The highest BCUT2D eigenvalue weighted by molar-refractivity contribution is 4.87. The van der Waals surface area contributed by atoms with Crippen LogP contribution >= 0.6 is 0 Å². The Kier molecular flexibility index (Phi) is 7.29. The van der Waals surface area contributed by atoms with E-state index in [0.29, 0.717) is 0 Å². The Morgan fingerprint density at radius 3 is 2.53 bits per heavy atom. The van der Waals surface area contributed by atoms with Crippen molar-refractivity contribution in [2.24, 2.45) is 0 Å². The first-order valence-corrected chi connectivity index (χ1v) is 7.90. The maximum atomic E-state index is 9.52. The Balaban J connectivity index is 2.35. The molecule has 0 aliphatic carbocycles. The molecule has 2 N–H and O–H groups in total. The second-order valence-corrected chi connectivity index (χ2v) is 5.96. The van der Waals surface area contributed by atoms with E-state index in [4.69, 9.17) is 0 Å². The van der Waals surface area contributed by atoms with Crippen LogP contribution in [0.5, 0.6) is 0 Å². The minimum Gasteiger partial charge on any atom is -0.394 e. The van der Waals surface area contributed by atoms with E-state index in [-0.39, 0.29) is 12.1 Å². The predicted octanol–water partition coefficient (Wildman–Crippen LogP) is 1.15. The zero-order valence-corrected chi connectivity index (χ0v) is 13.3. The predicted molar refractivity (Wildman–Crippen MR) is 81.6 cm³/mol. The molecule has 4 heteroatoms. The molecule has 1 saturated heterocycles. The standard InChI is InChI=1S/C15H33N3O/c1-5-16-15(4,13-19)9-11-17-10-8-14(12-17)18(6-2)7-3/h14,16,19H,5-13H2,1-4H3. The number of nitrogens with zero attached hydrogens (tertiary/aromatic N) is 2. The van der Waals surface area contributed by atoms with E-state index in [2.05, 4.69) is 42.8 Å². The first-order chi connectivity index (χ1) is 9.08. The third-order valence-corrected chi connectivity index (χ3v) is 4.51. The number of hydrogen-bond acceptors (Lipinski definition) is 4. The molecular formula is C15H33N3O. The third-order valence-electron chi connectivity index (χ3n) is 4.51. The van der Waals surface area contributed by atoms with Crippen molar-refractivity contribution < 1.29 is 5.11 Å². The number of likely N-dealkylation sites (tertiary alicyclic amines) is 1. The summed E-state index contributed by atoms with van der Waals surface area (Å²) in [7, 11) is 0. The lowest BCUT2D eigenvalue weighted by molar-refractivity contribution is 0.148. The molecule has 1 rings (SSSR count). The van der Waals surface area contributed by atoms with Gasteiger partial charge in [0, 0.05) is 24.7 Å². The maximum absolute atomic E-state index is 9.52. The van der Waals surface area contributed by atoms with Crippen molar-refractivity contribution in [3.63, 3.8) is 0 Å². The minimum absolute atomic E-state index is 0.123. The second-order valence-electron chi connectivity index (χ2n) is 5.96. The van der Waals surface area contributed by atoms with Crippen molar-refractivity contribution in [1.29, 1.82) is 0 Å². The molecule has 0 bridgehead atoms. The maximum Gasteiger partial charge on any atom is 0.0611 e. The summed E-state index contributed by atoms with van der Waals surface area (Å²) in [4.78, 5) is 5.11. The van der Waals surface area contributed by atoms with Crippen LogP contribution in [0.15, 0.2) is 0 Å². The number of likely N-dealkylation sites (N-methyl/N-ethyl adjacent to an activating group) is 2. The lowest BCUT2D eigenvalue weighted by Gasteiger charge is -2.31. The van der Waals surface area contributed by atoms with Gasteiger partial charge in [-0.1, -0.05) is 20.8 Å². The van der Waals surface area contributed by atoms with Gasteiger partial charge in [0.25, 0.3) is 0 Å². The van der Waals surface area contributed by atoms with E-state index < -0.39 is 0 Å². The van der Waals surface area contributed by atoms with Crippen molar-refractivity contribution in [3.05, 3.63) is 0 Å². The van der Waals surface area contributed by atoms with Crippen molar-refractivity contribution in [2.75, 3.05) is 45.9 Å². The number of hydrogen-bond donors (Lipinski definition) is 2. The molecule has 0 spiro atoms. The topological polar surface area (TPSA) is 38.7 Å². The lowest BCUT2D eigenvalue weighted by atomic mass is 9.99. The summed E-state index contributed by atoms with van der Waals surface area (Å²) in [6, 6.07) is 0.731. The fraction of sp³-hybridized carbons (Fsp3) is 1.00. The van der Waals surface area contributed by atoms with Crippen molar-refractivity contribution in [1.82, 2.24) is 15.1 Å². The number of rotatable bonds is 9. The second kappa shape index (κ2) is 8.20. The summed E-state index contributed by atoms with van der Waals surface area (Å²) < 4.78 is 0. The fourth-order valence-corrected chi connectivity index (χ4v) is 3.11. The molecule has 1 fully saturated rings. The van der Waals surface area contributed by atoms with Crippen molar-refractivity contribution >= 4 is 0 Å². The van der Waals surface area contributed by atoms with E-state index in [0.717, 1.165) is 38.6 Å². The van der Waals surface area contributed by atoms with Crippen LogP contribution < -0.4 is 5.32 Å². The molecule has 0 aromatic heterocycles. The van der Waals surface area contributed by atoms with Crippen LogP contribution in [-0.2, 0) is 0 Å². The Hall–Kier alpha value is -0.160.